The van der Waals surface area contributed by atoms with Gasteiger partial charge in [-0.3, -0.25) is 9.98 Å². The van der Waals surface area contributed by atoms with Crippen LogP contribution in [0.1, 0.15) is 5.56 Å². The molecule has 5 rings (SSSR count). The molecule has 26 heavy (non-hydrogen) atoms. The molecule has 2 aliphatic heterocycles. The molecular weight excluding hydrogens is 322 g/mol. The van der Waals surface area contributed by atoms with Crippen LogP contribution in [0.3, 0.4) is 0 Å². The molecule has 0 spiro atoms. The third-order valence-electron chi connectivity index (χ3n) is 4.87. The van der Waals surface area contributed by atoms with Gasteiger partial charge in [0.1, 0.15) is 17.6 Å². The van der Waals surface area contributed by atoms with Crippen LogP contribution in [0.4, 0.5) is 5.69 Å². The van der Waals surface area contributed by atoms with Crippen LogP contribution in [-0.4, -0.2) is 29.4 Å². The van der Waals surface area contributed by atoms with E-state index in [4.69, 9.17) is 4.99 Å². The Morgan fingerprint density at radius 1 is 0.885 bits per heavy atom. The van der Waals surface area contributed by atoms with Crippen LogP contribution in [0.25, 0.3) is 10.8 Å². The predicted octanol–water partition coefficient (Wildman–Crippen LogP) is 4.15. The lowest BCUT2D eigenvalue weighted by molar-refractivity contribution is 0.475. The monoisotopic (exact) mass is 339 g/mol. The molecule has 4 heteroatoms. The van der Waals surface area contributed by atoms with Crippen molar-refractivity contribution in [3.8, 4) is 5.75 Å². The highest BCUT2D eigenvalue weighted by atomic mass is 16.3. The smallest absolute Gasteiger partial charge is 0.152 e. The molecule has 4 nitrogen and oxygen atoms in total. The number of dihydropyridines is 1. The Kier molecular flexibility index (Phi) is 3.35. The fraction of sp³-hybridized carbons (Fsp3) is 0.0909. The number of rotatable bonds is 2. The molecular formula is C22H17N3O. The summed E-state index contributed by atoms with van der Waals surface area (Å²) in [6.07, 6.45) is 5.68. The number of phenolic OH excluding ortho intramolecular Hbond substituents is 1. The van der Waals surface area contributed by atoms with E-state index in [1.54, 1.807) is 6.07 Å². The molecule has 126 valence electrons. The molecule has 0 amide bonds. The van der Waals surface area contributed by atoms with Gasteiger partial charge in [0.25, 0.3) is 0 Å². The zero-order valence-corrected chi connectivity index (χ0v) is 14.0. The zero-order valence-electron chi connectivity index (χ0n) is 14.0. The van der Waals surface area contributed by atoms with Gasteiger partial charge < -0.3 is 10.0 Å². The number of aromatic hydroxyl groups is 1. The van der Waals surface area contributed by atoms with Crippen LogP contribution in [0.15, 0.2) is 88.9 Å². The van der Waals surface area contributed by atoms with E-state index in [0.29, 0.717) is 0 Å². The Balaban J connectivity index is 1.76. The number of para-hydroxylation sites is 1. The summed E-state index contributed by atoms with van der Waals surface area (Å²) in [6.45, 7) is 0. The van der Waals surface area contributed by atoms with E-state index in [1.807, 2.05) is 73.0 Å². The summed E-state index contributed by atoms with van der Waals surface area (Å²) < 4.78 is 0. The molecule has 0 aromatic heterocycles. The lowest BCUT2D eigenvalue weighted by atomic mass is 10.0. The molecule has 0 saturated heterocycles. The summed E-state index contributed by atoms with van der Waals surface area (Å²) in [5.41, 5.74) is 1.77. The van der Waals surface area contributed by atoms with Crippen molar-refractivity contribution in [3.63, 3.8) is 0 Å². The first-order valence-corrected chi connectivity index (χ1v) is 8.66. The van der Waals surface area contributed by atoms with Crippen LogP contribution in [-0.2, 0) is 0 Å². The average Bonchev–Trinajstić information content (AvgIpc) is 3.07. The van der Waals surface area contributed by atoms with Crippen molar-refractivity contribution in [2.24, 2.45) is 9.98 Å². The first kappa shape index (κ1) is 14.9. The molecule has 2 aliphatic rings. The van der Waals surface area contributed by atoms with E-state index >= 15 is 0 Å². The second-order valence-corrected chi connectivity index (χ2v) is 6.43. The summed E-state index contributed by atoms with van der Waals surface area (Å²) >= 11 is 0. The van der Waals surface area contributed by atoms with Crippen molar-refractivity contribution < 1.29 is 5.11 Å². The molecule has 0 bridgehead atoms. The van der Waals surface area contributed by atoms with E-state index < -0.39 is 0 Å². The number of aliphatic imine (C=N–C) groups is 2. The van der Waals surface area contributed by atoms with Gasteiger partial charge in [-0.1, -0.05) is 54.6 Å². The number of hydrogen-bond donors (Lipinski definition) is 1. The maximum absolute atomic E-state index is 10.7. The Bertz CT molecular complexity index is 1070. The van der Waals surface area contributed by atoms with E-state index in [-0.39, 0.29) is 18.0 Å². The van der Waals surface area contributed by atoms with Gasteiger partial charge in [-0.15, -0.1) is 0 Å². The van der Waals surface area contributed by atoms with Crippen LogP contribution in [0, 0.1) is 0 Å². The Morgan fingerprint density at radius 3 is 2.58 bits per heavy atom. The van der Waals surface area contributed by atoms with Crippen LogP contribution < -0.4 is 4.90 Å². The van der Waals surface area contributed by atoms with E-state index in [1.165, 1.54) is 0 Å². The van der Waals surface area contributed by atoms with Gasteiger partial charge in [0.15, 0.2) is 6.17 Å². The average molecular weight is 339 g/mol. The van der Waals surface area contributed by atoms with Gasteiger partial charge in [0.05, 0.1) is 5.56 Å². The van der Waals surface area contributed by atoms with Crippen molar-refractivity contribution in [3.05, 3.63) is 84.4 Å². The first-order chi connectivity index (χ1) is 12.8. The topological polar surface area (TPSA) is 48.2 Å². The normalized spacial score (nSPS) is 21.1. The molecule has 3 aromatic rings. The largest absolute Gasteiger partial charge is 0.507 e. The number of fused-ring (bicyclic) bond motifs is 2. The number of amidine groups is 1. The number of phenols is 1. The van der Waals surface area contributed by atoms with Crippen LogP contribution in [0.2, 0.25) is 0 Å². The molecule has 1 N–H and O–H groups in total. The minimum atomic E-state index is -0.129. The SMILES string of the molecule is Oc1ccc2ccccc2c1C1=NC2C=CC=NC2N1c1ccccc1. The van der Waals surface area contributed by atoms with Crippen molar-refractivity contribution in [1.82, 2.24) is 0 Å². The third-order valence-corrected chi connectivity index (χ3v) is 4.87. The third kappa shape index (κ3) is 2.23. The van der Waals surface area contributed by atoms with Crippen LogP contribution in [0.5, 0.6) is 5.75 Å². The summed E-state index contributed by atoms with van der Waals surface area (Å²) in [4.78, 5) is 11.7. The first-order valence-electron chi connectivity index (χ1n) is 8.66. The summed E-state index contributed by atoms with van der Waals surface area (Å²) in [7, 11) is 0. The Morgan fingerprint density at radius 2 is 1.69 bits per heavy atom. The van der Waals surface area contributed by atoms with Gasteiger partial charge >= 0.3 is 0 Å². The number of allylic oxidation sites excluding steroid dienone is 1. The highest BCUT2D eigenvalue weighted by Gasteiger charge is 2.38. The molecule has 0 aliphatic carbocycles. The Hall–Kier alpha value is -3.40. The molecule has 2 unspecified atom stereocenters. The fourth-order valence-electron chi connectivity index (χ4n) is 3.69. The lowest BCUT2D eigenvalue weighted by Gasteiger charge is -2.28. The van der Waals surface area contributed by atoms with E-state index in [9.17, 15) is 5.11 Å². The second-order valence-electron chi connectivity index (χ2n) is 6.43. The number of anilines is 1. The van der Waals surface area contributed by atoms with Crippen LogP contribution >= 0.6 is 0 Å². The maximum atomic E-state index is 10.7. The summed E-state index contributed by atoms with van der Waals surface area (Å²) in [5.74, 6) is 0.985. The highest BCUT2D eigenvalue weighted by Crippen LogP contribution is 2.36. The van der Waals surface area contributed by atoms with E-state index in [2.05, 4.69) is 16.0 Å². The quantitative estimate of drug-likeness (QED) is 0.762. The second kappa shape index (κ2) is 5.85. The van der Waals surface area contributed by atoms with Crippen molar-refractivity contribution >= 4 is 28.5 Å². The van der Waals surface area contributed by atoms with Gasteiger partial charge in [0, 0.05) is 11.9 Å². The minimum Gasteiger partial charge on any atom is -0.507 e. The lowest BCUT2D eigenvalue weighted by Crippen LogP contribution is -2.39. The number of nitrogens with zero attached hydrogens (tertiary/aromatic N) is 3. The maximum Gasteiger partial charge on any atom is 0.152 e. The molecule has 2 heterocycles. The molecule has 0 saturated carbocycles. The summed E-state index contributed by atoms with van der Waals surface area (Å²) in [6, 6.07) is 21.8. The van der Waals surface area contributed by atoms with Crippen molar-refractivity contribution in [2.75, 3.05) is 4.90 Å². The Labute approximate surface area is 151 Å². The van der Waals surface area contributed by atoms with Gasteiger partial charge in [-0.2, -0.15) is 0 Å². The minimum absolute atomic E-state index is 0.0615. The molecule has 0 fully saturated rings. The highest BCUT2D eigenvalue weighted by molar-refractivity contribution is 6.20. The van der Waals surface area contributed by atoms with Gasteiger partial charge in [-0.25, -0.2) is 0 Å². The molecule has 3 aromatic carbocycles. The van der Waals surface area contributed by atoms with Crippen molar-refractivity contribution in [2.45, 2.75) is 12.2 Å². The van der Waals surface area contributed by atoms with Crippen molar-refractivity contribution in [1.29, 1.82) is 0 Å². The standard InChI is InChI=1S/C22H17N3O/c26-19-13-12-15-7-4-5-10-17(15)20(19)22-24-18-11-6-14-23-21(18)25(22)16-8-2-1-3-9-16/h1-14,18,21,26H. The zero-order chi connectivity index (χ0) is 17.5. The molecule has 0 radical (unpaired) electrons. The van der Waals surface area contributed by atoms with Gasteiger partial charge in [0.2, 0.25) is 0 Å². The number of hydrogen-bond acceptors (Lipinski definition) is 4. The predicted molar refractivity (Wildman–Crippen MR) is 106 cm³/mol. The number of benzene rings is 3. The summed E-state index contributed by atoms with van der Waals surface area (Å²) in [5, 5.41) is 12.8. The van der Waals surface area contributed by atoms with E-state index in [0.717, 1.165) is 27.9 Å². The van der Waals surface area contributed by atoms with Gasteiger partial charge in [-0.05, 0) is 35.0 Å². The fourth-order valence-corrected chi connectivity index (χ4v) is 3.69. The molecule has 2 atom stereocenters.